The number of aliphatic hydroxyl groups is 2. The van der Waals surface area contributed by atoms with Crippen LogP contribution in [0.15, 0.2) is 0 Å². The summed E-state index contributed by atoms with van der Waals surface area (Å²) in [5.41, 5.74) is -2.28. The Labute approximate surface area is 147 Å². The molecule has 0 aromatic rings. The van der Waals surface area contributed by atoms with E-state index in [1.54, 1.807) is 0 Å². The Kier molecular flexibility index (Phi) is 7.27. The third-order valence-electron chi connectivity index (χ3n) is 5.26. The largest absolute Gasteiger partial charge is 0.467 e. The molecule has 1 rings (SSSR count). The molecule has 0 aromatic carbocycles. The molecule has 1 atom stereocenters. The van der Waals surface area contributed by atoms with Crippen LogP contribution in [0.25, 0.3) is 0 Å². The lowest BCUT2D eigenvalue weighted by Crippen LogP contribution is -2.68. The molecule has 1 unspecified atom stereocenters. The molecule has 1 fully saturated rings. The monoisotopic (exact) mass is 343 g/mol. The molecule has 142 valence electrons. The molecule has 0 radical (unpaired) electrons. The number of methoxy groups -OCH3 is 1. The normalized spacial score (nSPS) is 23.7. The van der Waals surface area contributed by atoms with Crippen LogP contribution in [-0.2, 0) is 9.53 Å². The number of carbonyl (C=O) groups is 1. The third-order valence-corrected chi connectivity index (χ3v) is 5.26. The quantitative estimate of drug-likeness (QED) is 0.524. The molecule has 0 bridgehead atoms. The number of hydrogen-bond donors (Lipinski definition) is 2. The minimum absolute atomic E-state index is 0.304. The van der Waals surface area contributed by atoms with Crippen LogP contribution in [0.1, 0.15) is 79.6 Å². The lowest BCUT2D eigenvalue weighted by Gasteiger charge is -2.57. The third kappa shape index (κ3) is 5.17. The van der Waals surface area contributed by atoms with Gasteiger partial charge >= 0.3 is 5.97 Å². The van der Waals surface area contributed by atoms with E-state index in [0.717, 1.165) is 19.3 Å². The van der Waals surface area contributed by atoms with Gasteiger partial charge in [0.1, 0.15) is 0 Å². The van der Waals surface area contributed by atoms with Crippen LogP contribution in [-0.4, -0.2) is 57.5 Å². The van der Waals surface area contributed by atoms with Gasteiger partial charge in [-0.05, 0) is 34.1 Å². The van der Waals surface area contributed by atoms with Crippen molar-refractivity contribution in [2.45, 2.75) is 102 Å². The average Bonchev–Trinajstić information content (AvgIpc) is 2.45. The lowest BCUT2D eigenvalue weighted by atomic mass is 9.70. The molecule has 1 heterocycles. The summed E-state index contributed by atoms with van der Waals surface area (Å²) >= 11 is 0. The lowest BCUT2D eigenvalue weighted by molar-refractivity contribution is -0.188. The van der Waals surface area contributed by atoms with Gasteiger partial charge in [-0.1, -0.05) is 32.6 Å². The highest BCUT2D eigenvalue weighted by Gasteiger charge is 2.55. The highest BCUT2D eigenvalue weighted by molar-refractivity contribution is 5.79. The minimum atomic E-state index is -1.47. The Hall–Kier alpha value is -0.650. The molecule has 24 heavy (non-hydrogen) atoms. The minimum Gasteiger partial charge on any atom is -0.467 e. The van der Waals surface area contributed by atoms with Crippen molar-refractivity contribution in [1.29, 1.82) is 0 Å². The number of piperidine rings is 1. The highest BCUT2D eigenvalue weighted by atomic mass is 16.5. The van der Waals surface area contributed by atoms with E-state index < -0.39 is 22.6 Å². The zero-order valence-corrected chi connectivity index (χ0v) is 16.4. The highest BCUT2D eigenvalue weighted by Crippen LogP contribution is 2.44. The summed E-state index contributed by atoms with van der Waals surface area (Å²) in [4.78, 5) is 14.3. The smallest absolute Gasteiger partial charge is 0.337 e. The number of hydrogen-bond acceptors (Lipinski definition) is 5. The van der Waals surface area contributed by atoms with Crippen LogP contribution in [0.2, 0.25) is 0 Å². The predicted molar refractivity (Wildman–Crippen MR) is 95.8 cm³/mol. The van der Waals surface area contributed by atoms with Crippen LogP contribution in [0.3, 0.4) is 0 Å². The Balaban J connectivity index is 2.79. The summed E-state index contributed by atoms with van der Waals surface area (Å²) in [6.45, 7) is 10.8. The Morgan fingerprint density at radius 3 is 2.12 bits per heavy atom. The second kappa shape index (κ2) is 8.15. The van der Waals surface area contributed by atoms with E-state index in [4.69, 9.17) is 4.74 Å². The fraction of sp³-hybridized carbons (Fsp3) is 0.947. The van der Waals surface area contributed by atoms with Gasteiger partial charge in [-0.25, -0.2) is 4.79 Å². The number of nitrogens with zero attached hydrogens (tertiary/aromatic N) is 1. The van der Waals surface area contributed by atoms with Crippen molar-refractivity contribution in [3.05, 3.63) is 0 Å². The van der Waals surface area contributed by atoms with Gasteiger partial charge in [0, 0.05) is 30.5 Å². The molecule has 1 aliphatic heterocycles. The van der Waals surface area contributed by atoms with Gasteiger partial charge in [-0.3, -0.25) is 4.90 Å². The van der Waals surface area contributed by atoms with E-state index in [9.17, 15) is 15.0 Å². The first kappa shape index (κ1) is 21.4. The van der Waals surface area contributed by atoms with Crippen molar-refractivity contribution in [2.75, 3.05) is 13.7 Å². The number of unbranched alkanes of at least 4 members (excludes halogenated alkanes) is 3. The maximum absolute atomic E-state index is 12.1. The molecule has 0 aliphatic carbocycles. The first-order chi connectivity index (χ1) is 11.0. The predicted octanol–water partition coefficient (Wildman–Crippen LogP) is 2.87. The van der Waals surface area contributed by atoms with Crippen LogP contribution in [0, 0.1) is 0 Å². The van der Waals surface area contributed by atoms with Crippen molar-refractivity contribution < 1.29 is 19.7 Å². The average molecular weight is 344 g/mol. The summed E-state index contributed by atoms with van der Waals surface area (Å²) in [6.07, 6.45) is 5.61. The van der Waals surface area contributed by atoms with Gasteiger partial charge in [0.2, 0.25) is 0 Å². The fourth-order valence-electron chi connectivity index (χ4n) is 4.44. The molecule has 5 heteroatoms. The molecule has 2 N–H and O–H groups in total. The molecule has 1 saturated heterocycles. The molecule has 0 amide bonds. The Morgan fingerprint density at radius 2 is 1.67 bits per heavy atom. The zero-order valence-electron chi connectivity index (χ0n) is 16.4. The molecular formula is C19H37NO4. The van der Waals surface area contributed by atoms with Gasteiger partial charge in [0.05, 0.1) is 13.2 Å². The van der Waals surface area contributed by atoms with E-state index in [0.29, 0.717) is 19.4 Å². The first-order valence-electron chi connectivity index (χ1n) is 9.25. The van der Waals surface area contributed by atoms with Crippen molar-refractivity contribution in [2.24, 2.45) is 0 Å². The van der Waals surface area contributed by atoms with Crippen molar-refractivity contribution in [3.8, 4) is 0 Å². The van der Waals surface area contributed by atoms with Crippen molar-refractivity contribution >= 4 is 5.97 Å². The zero-order chi connectivity index (χ0) is 18.6. The SMILES string of the molecule is CCCCCCC(O)CN1C(C)(C)CC(O)(C(=O)OC)CC1(C)C. The second-order valence-corrected chi connectivity index (χ2v) is 8.62. The van der Waals surface area contributed by atoms with Crippen molar-refractivity contribution in [3.63, 3.8) is 0 Å². The summed E-state index contributed by atoms with van der Waals surface area (Å²) in [6, 6.07) is 0. The number of likely N-dealkylation sites (tertiary alicyclic amines) is 1. The van der Waals surface area contributed by atoms with E-state index in [1.165, 1.54) is 20.0 Å². The maximum atomic E-state index is 12.1. The van der Waals surface area contributed by atoms with E-state index >= 15 is 0 Å². The number of rotatable bonds is 8. The maximum Gasteiger partial charge on any atom is 0.337 e. The van der Waals surface area contributed by atoms with Crippen LogP contribution >= 0.6 is 0 Å². The van der Waals surface area contributed by atoms with Gasteiger partial charge in [-0.15, -0.1) is 0 Å². The van der Waals surface area contributed by atoms with Crippen LogP contribution < -0.4 is 0 Å². The van der Waals surface area contributed by atoms with Crippen molar-refractivity contribution in [1.82, 2.24) is 4.90 Å². The Morgan fingerprint density at radius 1 is 1.12 bits per heavy atom. The van der Waals surface area contributed by atoms with E-state index in [2.05, 4.69) is 11.8 Å². The molecule has 0 aromatic heterocycles. The number of carbonyl (C=O) groups excluding carboxylic acids is 1. The molecule has 0 saturated carbocycles. The summed E-state index contributed by atoms with van der Waals surface area (Å²) in [5, 5.41) is 21.3. The summed E-state index contributed by atoms with van der Waals surface area (Å²) < 4.78 is 4.81. The fourth-order valence-corrected chi connectivity index (χ4v) is 4.44. The van der Waals surface area contributed by atoms with Gasteiger partial charge in [0.15, 0.2) is 5.60 Å². The molecule has 5 nitrogen and oxygen atoms in total. The summed E-state index contributed by atoms with van der Waals surface area (Å²) in [5.74, 6) is -0.566. The van der Waals surface area contributed by atoms with Crippen LogP contribution in [0.5, 0.6) is 0 Å². The van der Waals surface area contributed by atoms with E-state index in [1.807, 2.05) is 27.7 Å². The van der Waals surface area contributed by atoms with Gasteiger partial charge < -0.3 is 14.9 Å². The van der Waals surface area contributed by atoms with E-state index in [-0.39, 0.29) is 6.10 Å². The topological polar surface area (TPSA) is 70.0 Å². The molecule has 1 aliphatic rings. The standard InChI is InChI=1S/C19H37NO4/c1-7-8-9-10-11-15(21)12-20-17(2,3)13-19(23,16(22)24-6)14-18(20,4)5/h15,21,23H,7-14H2,1-6H3. The molecule has 0 spiro atoms. The first-order valence-corrected chi connectivity index (χ1v) is 9.25. The van der Waals surface area contributed by atoms with Crippen LogP contribution in [0.4, 0.5) is 0 Å². The molecular weight excluding hydrogens is 306 g/mol. The number of β-amino-alcohol motifs (C(OH)–C–C–N with tert-alkyl or cyclic N) is 1. The summed E-state index contributed by atoms with van der Waals surface area (Å²) in [7, 11) is 1.31. The number of aliphatic hydroxyl groups excluding tert-OH is 1. The van der Waals surface area contributed by atoms with Gasteiger partial charge in [0.25, 0.3) is 0 Å². The van der Waals surface area contributed by atoms with Gasteiger partial charge in [-0.2, -0.15) is 0 Å². The number of esters is 1. The second-order valence-electron chi connectivity index (χ2n) is 8.62. The Bertz CT molecular complexity index is 402. The number of ether oxygens (including phenoxy) is 1.